The quantitative estimate of drug-likeness (QED) is 0.744. The van der Waals surface area contributed by atoms with Crippen molar-refractivity contribution in [2.24, 2.45) is 0 Å². The Balaban J connectivity index is 1.64. The van der Waals surface area contributed by atoms with Crippen molar-refractivity contribution in [1.82, 2.24) is 9.97 Å². The van der Waals surface area contributed by atoms with Gasteiger partial charge in [-0.3, -0.25) is 0 Å². The first-order valence-corrected chi connectivity index (χ1v) is 8.54. The number of morpholine rings is 1. The third-order valence-electron chi connectivity index (χ3n) is 4.36. The maximum absolute atomic E-state index is 13.1. The van der Waals surface area contributed by atoms with Gasteiger partial charge in [0.25, 0.3) is 0 Å². The lowest BCUT2D eigenvalue weighted by Crippen LogP contribution is -2.36. The number of nitrogens with one attached hydrogen (secondary N) is 1. The number of aromatic nitrogens is 2. The van der Waals surface area contributed by atoms with E-state index >= 15 is 0 Å². The first-order valence-electron chi connectivity index (χ1n) is 8.54. The Hall–Kier alpha value is -2.87. The summed E-state index contributed by atoms with van der Waals surface area (Å²) in [5.74, 6) is -1.03. The number of benzene rings is 2. The van der Waals surface area contributed by atoms with E-state index in [1.165, 1.54) is 0 Å². The van der Waals surface area contributed by atoms with Crippen molar-refractivity contribution in [2.45, 2.75) is 6.18 Å². The summed E-state index contributed by atoms with van der Waals surface area (Å²) in [6, 6.07) is 14.1. The van der Waals surface area contributed by atoms with Gasteiger partial charge in [-0.05, 0) is 36.4 Å². The zero-order valence-corrected chi connectivity index (χ0v) is 14.3. The van der Waals surface area contributed by atoms with Gasteiger partial charge < -0.3 is 15.0 Å². The average Bonchev–Trinajstić information content (AvgIpc) is 2.68. The third-order valence-corrected chi connectivity index (χ3v) is 4.36. The van der Waals surface area contributed by atoms with E-state index < -0.39 is 12.0 Å². The van der Waals surface area contributed by atoms with Crippen LogP contribution in [0.4, 0.5) is 30.4 Å². The van der Waals surface area contributed by atoms with Crippen molar-refractivity contribution in [3.05, 3.63) is 54.4 Å². The Bertz CT molecular complexity index is 938. The summed E-state index contributed by atoms with van der Waals surface area (Å²) in [6.07, 6.45) is -4.61. The van der Waals surface area contributed by atoms with Crippen LogP contribution < -0.4 is 10.2 Å². The Morgan fingerprint density at radius 3 is 2.33 bits per heavy atom. The van der Waals surface area contributed by atoms with Crippen molar-refractivity contribution >= 4 is 28.1 Å². The minimum atomic E-state index is -4.61. The highest BCUT2D eigenvalue weighted by Crippen LogP contribution is 2.31. The number of hydrogen-bond acceptors (Lipinski definition) is 5. The van der Waals surface area contributed by atoms with Gasteiger partial charge in [0.1, 0.15) is 5.82 Å². The number of halogens is 3. The fourth-order valence-corrected chi connectivity index (χ4v) is 3.01. The number of fused-ring (bicyclic) bond motifs is 1. The Morgan fingerprint density at radius 2 is 1.63 bits per heavy atom. The molecule has 4 rings (SSSR count). The van der Waals surface area contributed by atoms with E-state index in [-0.39, 0.29) is 11.3 Å². The molecule has 1 fully saturated rings. The topological polar surface area (TPSA) is 50.3 Å². The van der Waals surface area contributed by atoms with Gasteiger partial charge in [-0.1, -0.05) is 12.1 Å². The number of rotatable bonds is 3. The summed E-state index contributed by atoms with van der Waals surface area (Å²) in [7, 11) is 0. The molecule has 5 nitrogen and oxygen atoms in total. The number of anilines is 3. The molecular weight excluding hydrogens is 357 g/mol. The van der Waals surface area contributed by atoms with Crippen LogP contribution in [-0.2, 0) is 10.9 Å². The third kappa shape index (κ3) is 3.80. The van der Waals surface area contributed by atoms with Gasteiger partial charge in [0.15, 0.2) is 0 Å². The van der Waals surface area contributed by atoms with Crippen molar-refractivity contribution < 1.29 is 17.9 Å². The molecule has 0 atom stereocenters. The molecule has 2 aromatic carbocycles. The number of ether oxygens (including phenoxy) is 1. The smallest absolute Gasteiger partial charge is 0.378 e. The van der Waals surface area contributed by atoms with Crippen molar-refractivity contribution in [2.75, 3.05) is 36.5 Å². The first-order chi connectivity index (χ1) is 13.0. The maximum Gasteiger partial charge on any atom is 0.451 e. The van der Waals surface area contributed by atoms with Gasteiger partial charge in [-0.25, -0.2) is 9.97 Å². The van der Waals surface area contributed by atoms with Crippen LogP contribution in [0.1, 0.15) is 5.82 Å². The Labute approximate surface area is 153 Å². The van der Waals surface area contributed by atoms with Crippen molar-refractivity contribution in [1.29, 1.82) is 0 Å². The van der Waals surface area contributed by atoms with Crippen LogP contribution in [0.2, 0.25) is 0 Å². The van der Waals surface area contributed by atoms with Crippen molar-refractivity contribution in [3.63, 3.8) is 0 Å². The molecule has 0 bridgehead atoms. The lowest BCUT2D eigenvalue weighted by atomic mass is 10.2. The SMILES string of the molecule is FC(F)(F)c1nc(Nc2ccc(N3CCOCC3)cc2)c2ccccc2n1. The second-order valence-electron chi connectivity index (χ2n) is 6.18. The summed E-state index contributed by atoms with van der Waals surface area (Å²) >= 11 is 0. The fraction of sp³-hybridized carbons (Fsp3) is 0.263. The Morgan fingerprint density at radius 1 is 0.926 bits per heavy atom. The molecule has 0 amide bonds. The van der Waals surface area contributed by atoms with Crippen molar-refractivity contribution in [3.8, 4) is 0 Å². The van der Waals surface area contributed by atoms with Gasteiger partial charge in [-0.15, -0.1) is 0 Å². The van der Waals surface area contributed by atoms with Gasteiger partial charge in [0, 0.05) is 29.9 Å². The van der Waals surface area contributed by atoms with E-state index in [1.807, 2.05) is 24.3 Å². The zero-order chi connectivity index (χ0) is 18.9. The minimum absolute atomic E-state index is 0.132. The van der Waals surface area contributed by atoms with Gasteiger partial charge in [-0.2, -0.15) is 13.2 Å². The van der Waals surface area contributed by atoms with Crippen LogP contribution >= 0.6 is 0 Å². The Kier molecular flexibility index (Phi) is 4.57. The molecule has 1 aliphatic heterocycles. The van der Waals surface area contributed by atoms with E-state index in [0.717, 1.165) is 18.8 Å². The molecule has 2 heterocycles. The predicted octanol–water partition coefficient (Wildman–Crippen LogP) is 4.23. The lowest BCUT2D eigenvalue weighted by molar-refractivity contribution is -0.144. The molecule has 1 N–H and O–H groups in total. The van der Waals surface area contributed by atoms with Crippen LogP contribution in [0.3, 0.4) is 0 Å². The van der Waals surface area contributed by atoms with E-state index in [1.54, 1.807) is 24.3 Å². The second-order valence-corrected chi connectivity index (χ2v) is 6.18. The fourth-order valence-electron chi connectivity index (χ4n) is 3.01. The molecule has 1 saturated heterocycles. The minimum Gasteiger partial charge on any atom is -0.378 e. The molecule has 0 saturated carbocycles. The molecule has 1 aromatic heterocycles. The van der Waals surface area contributed by atoms with Crippen LogP contribution in [0, 0.1) is 0 Å². The maximum atomic E-state index is 13.1. The molecular formula is C19H17F3N4O. The summed E-state index contributed by atoms with van der Waals surface area (Å²) in [5, 5.41) is 3.53. The largest absolute Gasteiger partial charge is 0.451 e. The summed E-state index contributed by atoms with van der Waals surface area (Å²) in [4.78, 5) is 9.54. The number of nitrogens with zero attached hydrogens (tertiary/aromatic N) is 3. The molecule has 3 aromatic rings. The standard InChI is InChI=1S/C19H17F3N4O/c20-19(21,22)18-24-16-4-2-1-3-15(16)17(25-18)23-13-5-7-14(8-6-13)26-9-11-27-12-10-26/h1-8H,9-12H2,(H,23,24,25). The number of hydrogen-bond donors (Lipinski definition) is 1. The first kappa shape index (κ1) is 17.5. The van der Waals surface area contributed by atoms with Crippen LogP contribution in [-0.4, -0.2) is 36.3 Å². The monoisotopic (exact) mass is 374 g/mol. The number of alkyl halides is 3. The number of para-hydroxylation sites is 1. The molecule has 0 aliphatic carbocycles. The van der Waals surface area contributed by atoms with Crippen LogP contribution in [0.5, 0.6) is 0 Å². The summed E-state index contributed by atoms with van der Waals surface area (Å²) < 4.78 is 44.7. The van der Waals surface area contributed by atoms with Gasteiger partial charge in [0.05, 0.1) is 18.7 Å². The second kappa shape index (κ2) is 7.03. The van der Waals surface area contributed by atoms with E-state index in [2.05, 4.69) is 20.2 Å². The molecule has 27 heavy (non-hydrogen) atoms. The van der Waals surface area contributed by atoms with E-state index in [9.17, 15) is 13.2 Å². The molecule has 0 radical (unpaired) electrons. The molecule has 8 heteroatoms. The molecule has 0 unspecified atom stereocenters. The van der Waals surface area contributed by atoms with E-state index in [0.29, 0.717) is 24.3 Å². The zero-order valence-electron chi connectivity index (χ0n) is 14.3. The molecule has 140 valence electrons. The highest BCUT2D eigenvalue weighted by atomic mass is 19.4. The average molecular weight is 374 g/mol. The summed E-state index contributed by atoms with van der Waals surface area (Å²) in [5.41, 5.74) is 1.95. The normalized spacial score (nSPS) is 15.1. The van der Waals surface area contributed by atoms with Gasteiger partial charge >= 0.3 is 6.18 Å². The highest BCUT2D eigenvalue weighted by molar-refractivity contribution is 5.90. The predicted molar refractivity (Wildman–Crippen MR) is 97.3 cm³/mol. The highest BCUT2D eigenvalue weighted by Gasteiger charge is 2.35. The summed E-state index contributed by atoms with van der Waals surface area (Å²) in [6.45, 7) is 3.01. The lowest BCUT2D eigenvalue weighted by Gasteiger charge is -2.28. The molecule has 0 spiro atoms. The van der Waals surface area contributed by atoms with E-state index in [4.69, 9.17) is 4.74 Å². The van der Waals surface area contributed by atoms with Crippen LogP contribution in [0.25, 0.3) is 10.9 Å². The van der Waals surface area contributed by atoms with Crippen LogP contribution in [0.15, 0.2) is 48.5 Å². The van der Waals surface area contributed by atoms with Gasteiger partial charge in [0.2, 0.25) is 5.82 Å². The molecule has 1 aliphatic rings.